The predicted molar refractivity (Wildman–Crippen MR) is 106 cm³/mol. The Labute approximate surface area is 172 Å². The van der Waals surface area contributed by atoms with Crippen molar-refractivity contribution in [1.29, 1.82) is 0 Å². The van der Waals surface area contributed by atoms with Crippen LogP contribution in [0.25, 0.3) is 0 Å². The molecular weight excluding hydrogens is 397 g/mol. The van der Waals surface area contributed by atoms with Crippen LogP contribution in [0.2, 0.25) is 5.02 Å². The molecule has 1 fully saturated rings. The summed E-state index contributed by atoms with van der Waals surface area (Å²) < 4.78 is 13.8. The van der Waals surface area contributed by atoms with Crippen LogP contribution in [0.5, 0.6) is 0 Å². The van der Waals surface area contributed by atoms with Gasteiger partial charge in [0.1, 0.15) is 17.9 Å². The molecule has 2 aromatic rings. The second-order valence-corrected chi connectivity index (χ2v) is 7.89. The number of fused-ring (bicyclic) bond motifs is 1. The van der Waals surface area contributed by atoms with Crippen molar-refractivity contribution in [3.63, 3.8) is 0 Å². The normalized spacial score (nSPS) is 20.6. The van der Waals surface area contributed by atoms with Crippen LogP contribution in [0.1, 0.15) is 30.0 Å². The van der Waals surface area contributed by atoms with Gasteiger partial charge >= 0.3 is 6.03 Å². The Kier molecular flexibility index (Phi) is 4.78. The maximum atomic E-state index is 13.8. The molecule has 1 heterocycles. The van der Waals surface area contributed by atoms with E-state index in [9.17, 15) is 18.8 Å². The summed E-state index contributed by atoms with van der Waals surface area (Å²) >= 11 is 5.82. The molecule has 1 atom stereocenters. The number of nitrogens with one attached hydrogen (secondary N) is 2. The van der Waals surface area contributed by atoms with Crippen LogP contribution < -0.4 is 10.6 Å². The quantitative estimate of drug-likeness (QED) is 0.751. The number of amides is 4. The van der Waals surface area contributed by atoms with Crippen molar-refractivity contribution in [1.82, 2.24) is 10.2 Å². The van der Waals surface area contributed by atoms with Crippen LogP contribution in [0, 0.1) is 5.82 Å². The van der Waals surface area contributed by atoms with Gasteiger partial charge < -0.3 is 10.6 Å². The Bertz CT molecular complexity index is 1040. The molecule has 2 aromatic carbocycles. The highest BCUT2D eigenvalue weighted by Crippen LogP contribution is 2.32. The molecule has 4 amide bonds. The Hall–Kier alpha value is -2.93. The van der Waals surface area contributed by atoms with Crippen molar-refractivity contribution in [2.45, 2.75) is 31.7 Å². The highest BCUT2D eigenvalue weighted by molar-refractivity contribution is 6.30. The van der Waals surface area contributed by atoms with Gasteiger partial charge in [0.25, 0.3) is 5.91 Å². The zero-order valence-corrected chi connectivity index (χ0v) is 16.5. The molecule has 4 rings (SSSR count). The lowest BCUT2D eigenvalue weighted by atomic mass is 9.89. The number of benzene rings is 2. The van der Waals surface area contributed by atoms with Gasteiger partial charge in [-0.2, -0.15) is 0 Å². The number of imide groups is 1. The molecule has 29 heavy (non-hydrogen) atoms. The van der Waals surface area contributed by atoms with Crippen molar-refractivity contribution >= 4 is 35.1 Å². The van der Waals surface area contributed by atoms with Crippen LogP contribution in [-0.4, -0.2) is 29.3 Å². The van der Waals surface area contributed by atoms with Crippen molar-refractivity contribution < 1.29 is 18.8 Å². The van der Waals surface area contributed by atoms with Gasteiger partial charge in [-0.15, -0.1) is 0 Å². The summed E-state index contributed by atoms with van der Waals surface area (Å²) in [6.45, 7) is 1.09. The molecule has 8 heteroatoms. The van der Waals surface area contributed by atoms with E-state index in [0.29, 0.717) is 5.56 Å². The fourth-order valence-corrected chi connectivity index (χ4v) is 4.02. The molecular formula is C21H19ClFN3O3. The van der Waals surface area contributed by atoms with E-state index in [2.05, 4.69) is 10.6 Å². The number of hydrogen-bond acceptors (Lipinski definition) is 3. The minimum atomic E-state index is -1.25. The first-order valence-electron chi connectivity index (χ1n) is 9.29. The van der Waals surface area contributed by atoms with Gasteiger partial charge in [-0.25, -0.2) is 9.18 Å². The number of anilines is 1. The summed E-state index contributed by atoms with van der Waals surface area (Å²) in [4.78, 5) is 38.6. The maximum absolute atomic E-state index is 13.8. The van der Waals surface area contributed by atoms with Crippen molar-refractivity contribution in [2.24, 2.45) is 0 Å². The minimum Gasteiger partial charge on any atom is -0.322 e. The first-order valence-corrected chi connectivity index (χ1v) is 9.67. The summed E-state index contributed by atoms with van der Waals surface area (Å²) in [6, 6.07) is 8.84. The summed E-state index contributed by atoms with van der Waals surface area (Å²) in [5, 5.41) is 5.29. The van der Waals surface area contributed by atoms with E-state index in [1.807, 2.05) is 18.2 Å². The number of nitrogens with zero attached hydrogens (tertiary/aromatic N) is 1. The molecule has 150 valence electrons. The second-order valence-electron chi connectivity index (χ2n) is 7.46. The summed E-state index contributed by atoms with van der Waals surface area (Å²) in [5.41, 5.74) is 1.75. The van der Waals surface area contributed by atoms with E-state index in [4.69, 9.17) is 11.6 Å². The van der Waals surface area contributed by atoms with E-state index in [-0.39, 0.29) is 10.7 Å². The third-order valence-corrected chi connectivity index (χ3v) is 5.69. The highest BCUT2D eigenvalue weighted by atomic mass is 35.5. The van der Waals surface area contributed by atoms with E-state index in [1.165, 1.54) is 23.3 Å². The predicted octanol–water partition coefficient (Wildman–Crippen LogP) is 3.37. The molecule has 0 unspecified atom stereocenters. The highest BCUT2D eigenvalue weighted by Gasteiger charge is 2.49. The third-order valence-electron chi connectivity index (χ3n) is 5.46. The minimum absolute atomic E-state index is 0.115. The van der Waals surface area contributed by atoms with Crippen LogP contribution in [-0.2, 0) is 28.0 Å². The number of carbonyl (C=O) groups excluding carboxylic acids is 3. The standard InChI is InChI=1S/C21H19ClFN3O3/c1-21(14-6-5-12-3-2-4-13(12)9-14)19(28)26(20(29)25-21)11-18(27)24-17-10-15(22)7-8-16(17)23/h5-10H,2-4,11H2,1H3,(H,24,27)(H,25,29)/t21-/m0/s1. The monoisotopic (exact) mass is 415 g/mol. The molecule has 0 spiro atoms. The molecule has 0 saturated carbocycles. The summed E-state index contributed by atoms with van der Waals surface area (Å²) in [5.74, 6) is -1.89. The van der Waals surface area contributed by atoms with Gasteiger partial charge in [-0.1, -0.05) is 29.8 Å². The van der Waals surface area contributed by atoms with Crippen LogP contribution >= 0.6 is 11.6 Å². The molecule has 0 aromatic heterocycles. The van der Waals surface area contributed by atoms with Crippen molar-refractivity contribution in [3.05, 3.63) is 63.9 Å². The second kappa shape index (κ2) is 7.15. The lowest BCUT2D eigenvalue weighted by Crippen LogP contribution is -2.42. The smallest absolute Gasteiger partial charge is 0.322 e. The van der Waals surface area contributed by atoms with Gasteiger partial charge in [0, 0.05) is 5.02 Å². The van der Waals surface area contributed by atoms with Crippen molar-refractivity contribution in [3.8, 4) is 0 Å². The zero-order valence-electron chi connectivity index (χ0n) is 15.7. The molecule has 1 saturated heterocycles. The van der Waals surface area contributed by atoms with Gasteiger partial charge in [0.15, 0.2) is 0 Å². The Morgan fingerprint density at radius 3 is 2.76 bits per heavy atom. The fourth-order valence-electron chi connectivity index (χ4n) is 3.85. The van der Waals surface area contributed by atoms with E-state index < -0.39 is 35.7 Å². The van der Waals surface area contributed by atoms with E-state index in [0.717, 1.165) is 30.2 Å². The van der Waals surface area contributed by atoms with E-state index >= 15 is 0 Å². The summed E-state index contributed by atoms with van der Waals surface area (Å²) in [6.07, 6.45) is 3.03. The Morgan fingerprint density at radius 1 is 1.21 bits per heavy atom. The van der Waals surface area contributed by atoms with Crippen LogP contribution in [0.15, 0.2) is 36.4 Å². The zero-order chi connectivity index (χ0) is 20.8. The Balaban J connectivity index is 1.52. The van der Waals surface area contributed by atoms with Gasteiger partial charge in [0.05, 0.1) is 5.69 Å². The number of hydrogen-bond donors (Lipinski definition) is 2. The largest absolute Gasteiger partial charge is 0.325 e. The van der Waals surface area contributed by atoms with Crippen LogP contribution in [0.4, 0.5) is 14.9 Å². The van der Waals surface area contributed by atoms with Gasteiger partial charge in [-0.3, -0.25) is 14.5 Å². The lowest BCUT2D eigenvalue weighted by Gasteiger charge is -2.23. The number of urea groups is 1. The fraction of sp³-hybridized carbons (Fsp3) is 0.286. The maximum Gasteiger partial charge on any atom is 0.325 e. The number of carbonyl (C=O) groups is 3. The first-order chi connectivity index (χ1) is 13.8. The first kappa shape index (κ1) is 19.4. The van der Waals surface area contributed by atoms with Crippen LogP contribution in [0.3, 0.4) is 0 Å². The summed E-state index contributed by atoms with van der Waals surface area (Å²) in [7, 11) is 0. The number of halogens is 2. The average molecular weight is 416 g/mol. The average Bonchev–Trinajstić information content (AvgIpc) is 3.23. The topological polar surface area (TPSA) is 78.5 Å². The van der Waals surface area contributed by atoms with Gasteiger partial charge in [0.2, 0.25) is 5.91 Å². The molecule has 0 bridgehead atoms. The SMILES string of the molecule is C[C@@]1(c2ccc3c(c2)CCC3)NC(=O)N(CC(=O)Nc2cc(Cl)ccc2F)C1=O. The number of aryl methyl sites for hydroxylation is 2. The van der Waals surface area contributed by atoms with Crippen molar-refractivity contribution in [2.75, 3.05) is 11.9 Å². The molecule has 1 aliphatic carbocycles. The number of rotatable bonds is 4. The molecule has 2 N–H and O–H groups in total. The molecule has 1 aliphatic heterocycles. The third kappa shape index (κ3) is 3.46. The molecule has 6 nitrogen and oxygen atoms in total. The van der Waals surface area contributed by atoms with E-state index in [1.54, 1.807) is 6.92 Å². The Morgan fingerprint density at radius 2 is 1.97 bits per heavy atom. The van der Waals surface area contributed by atoms with Gasteiger partial charge in [-0.05, 0) is 61.1 Å². The molecule has 2 aliphatic rings. The lowest BCUT2D eigenvalue weighted by molar-refractivity contribution is -0.133. The molecule has 0 radical (unpaired) electrons.